The van der Waals surface area contributed by atoms with Gasteiger partial charge in [0.1, 0.15) is 0 Å². The van der Waals surface area contributed by atoms with E-state index in [4.69, 9.17) is 9.47 Å². The van der Waals surface area contributed by atoms with Gasteiger partial charge in [-0.3, -0.25) is 0 Å². The number of rotatable bonds is 8. The molecular weight excluding hydrogens is 351 g/mol. The molecule has 1 aromatic rings. The summed E-state index contributed by atoms with van der Waals surface area (Å²) in [6, 6.07) is 5.49. The molecular formula is C18H24F3NO4. The molecule has 5 nitrogen and oxygen atoms in total. The van der Waals surface area contributed by atoms with E-state index in [0.717, 1.165) is 5.69 Å². The molecule has 0 aliphatic carbocycles. The van der Waals surface area contributed by atoms with Gasteiger partial charge in [-0.2, -0.15) is 0 Å². The van der Waals surface area contributed by atoms with Crippen LogP contribution in [0.5, 0.6) is 0 Å². The first-order chi connectivity index (χ1) is 12.3. The van der Waals surface area contributed by atoms with E-state index in [1.54, 1.807) is 0 Å². The molecule has 0 spiro atoms. The Morgan fingerprint density at radius 2 is 1.77 bits per heavy atom. The fourth-order valence-corrected chi connectivity index (χ4v) is 2.98. The lowest BCUT2D eigenvalue weighted by atomic mass is 9.95. The van der Waals surface area contributed by atoms with Gasteiger partial charge in [-0.15, -0.1) is 0 Å². The maximum absolute atomic E-state index is 15.2. The van der Waals surface area contributed by atoms with Gasteiger partial charge in [-0.1, -0.05) is 26.0 Å². The number of anilines is 1. The normalized spacial score (nSPS) is 18.0. The Labute approximate surface area is 150 Å². The van der Waals surface area contributed by atoms with Crippen molar-refractivity contribution in [1.82, 2.24) is 0 Å². The summed E-state index contributed by atoms with van der Waals surface area (Å²) in [5, 5.41) is 9.37. The standard InChI is InChI=1S/C18H24F3NO4/c1-3-17(4-2,16(23)24)26-18(21,15(19)20)13-5-7-14(8-6-13)22-9-11-25-12-10-22/h5-8,15H,3-4,9-12H2,1-2H3,(H,23,24). The quantitative estimate of drug-likeness (QED) is 0.753. The lowest BCUT2D eigenvalue weighted by molar-refractivity contribution is -0.285. The molecule has 1 heterocycles. The highest BCUT2D eigenvalue weighted by Crippen LogP contribution is 2.41. The molecule has 8 heteroatoms. The second kappa shape index (κ2) is 8.26. The summed E-state index contributed by atoms with van der Waals surface area (Å²) < 4.78 is 52.5. The molecule has 0 aromatic heterocycles. The van der Waals surface area contributed by atoms with E-state index in [1.165, 1.54) is 38.1 Å². The second-order valence-corrected chi connectivity index (χ2v) is 6.20. The van der Waals surface area contributed by atoms with Gasteiger partial charge in [0.25, 0.3) is 5.85 Å². The first-order valence-corrected chi connectivity index (χ1v) is 8.63. The number of halogens is 3. The molecule has 146 valence electrons. The zero-order valence-corrected chi connectivity index (χ0v) is 14.9. The molecule has 1 aliphatic rings. The van der Waals surface area contributed by atoms with Crippen molar-refractivity contribution in [3.05, 3.63) is 29.8 Å². The molecule has 0 bridgehead atoms. The van der Waals surface area contributed by atoms with E-state index in [0.29, 0.717) is 26.3 Å². The molecule has 1 fully saturated rings. The number of carboxylic acid groups (broad SMARTS) is 1. The number of carbonyl (C=O) groups is 1. The molecule has 1 N–H and O–H groups in total. The van der Waals surface area contributed by atoms with Crippen LogP contribution in [0.25, 0.3) is 0 Å². The van der Waals surface area contributed by atoms with E-state index in [9.17, 15) is 18.7 Å². The van der Waals surface area contributed by atoms with Crippen LogP contribution >= 0.6 is 0 Å². The number of hydrogen-bond donors (Lipinski definition) is 1. The average Bonchev–Trinajstić information content (AvgIpc) is 2.66. The minimum atomic E-state index is -3.53. The van der Waals surface area contributed by atoms with Crippen molar-refractivity contribution in [1.29, 1.82) is 0 Å². The fraction of sp³-hybridized carbons (Fsp3) is 0.611. The molecule has 1 saturated heterocycles. The first kappa shape index (κ1) is 20.5. The third kappa shape index (κ3) is 3.96. The smallest absolute Gasteiger partial charge is 0.336 e. The highest BCUT2D eigenvalue weighted by Gasteiger charge is 2.52. The van der Waals surface area contributed by atoms with Crippen molar-refractivity contribution in [3.63, 3.8) is 0 Å². The maximum atomic E-state index is 15.2. The van der Waals surface area contributed by atoms with Gasteiger partial charge in [-0.25, -0.2) is 18.0 Å². The van der Waals surface area contributed by atoms with E-state index in [2.05, 4.69) is 0 Å². The Balaban J connectivity index is 2.31. The summed E-state index contributed by atoms with van der Waals surface area (Å²) in [6.45, 7) is 5.35. The van der Waals surface area contributed by atoms with Gasteiger partial charge in [0.15, 0.2) is 5.60 Å². The third-order valence-electron chi connectivity index (χ3n) is 4.79. The first-order valence-electron chi connectivity index (χ1n) is 8.63. The van der Waals surface area contributed by atoms with Crippen LogP contribution in [-0.4, -0.2) is 49.4 Å². The van der Waals surface area contributed by atoms with Gasteiger partial charge < -0.3 is 19.5 Å². The maximum Gasteiger partial charge on any atom is 0.336 e. The molecule has 0 amide bonds. The third-order valence-corrected chi connectivity index (χ3v) is 4.79. The van der Waals surface area contributed by atoms with E-state index in [1.807, 2.05) is 4.90 Å². The number of carboxylic acids is 1. The van der Waals surface area contributed by atoms with E-state index < -0.39 is 29.4 Å². The number of hydrogen-bond acceptors (Lipinski definition) is 4. The number of morpholine rings is 1. The Kier molecular flexibility index (Phi) is 6.52. The van der Waals surface area contributed by atoms with Gasteiger partial charge in [0.2, 0.25) is 0 Å². The molecule has 2 rings (SSSR count). The van der Waals surface area contributed by atoms with Crippen molar-refractivity contribution >= 4 is 11.7 Å². The average molecular weight is 375 g/mol. The molecule has 1 aromatic carbocycles. The summed E-state index contributed by atoms with van der Waals surface area (Å²) >= 11 is 0. The summed E-state index contributed by atoms with van der Waals surface area (Å²) in [7, 11) is 0. The highest BCUT2D eigenvalue weighted by atomic mass is 19.3. The predicted molar refractivity (Wildman–Crippen MR) is 90.3 cm³/mol. The number of aliphatic carboxylic acids is 1. The molecule has 1 aliphatic heterocycles. The van der Waals surface area contributed by atoms with Crippen LogP contribution in [0.1, 0.15) is 32.3 Å². The second-order valence-electron chi connectivity index (χ2n) is 6.20. The number of alkyl halides is 3. The SMILES string of the molecule is CCC(CC)(OC(F)(c1ccc(N2CCOCC2)cc1)C(F)F)C(=O)O. The van der Waals surface area contributed by atoms with E-state index >= 15 is 4.39 Å². The minimum absolute atomic E-state index is 0.136. The zero-order valence-electron chi connectivity index (χ0n) is 14.9. The van der Waals surface area contributed by atoms with Crippen LogP contribution in [-0.2, 0) is 20.1 Å². The topological polar surface area (TPSA) is 59.0 Å². The van der Waals surface area contributed by atoms with Crippen LogP contribution in [0, 0.1) is 0 Å². The Hall–Kier alpha value is -1.80. The Bertz CT molecular complexity index is 601. The van der Waals surface area contributed by atoms with Gasteiger partial charge in [0, 0.05) is 24.3 Å². The molecule has 1 atom stereocenters. The number of ether oxygens (including phenoxy) is 2. The van der Waals surface area contributed by atoms with Gasteiger partial charge in [-0.05, 0) is 25.0 Å². The molecule has 26 heavy (non-hydrogen) atoms. The molecule has 0 radical (unpaired) electrons. The van der Waals surface area contributed by atoms with Gasteiger partial charge in [0.05, 0.1) is 13.2 Å². The van der Waals surface area contributed by atoms with E-state index in [-0.39, 0.29) is 12.8 Å². The summed E-state index contributed by atoms with van der Waals surface area (Å²) in [4.78, 5) is 13.5. The highest BCUT2D eigenvalue weighted by molar-refractivity contribution is 5.77. The molecule has 0 saturated carbocycles. The summed E-state index contributed by atoms with van der Waals surface area (Å²) in [5.41, 5.74) is -1.67. The number of nitrogens with zero attached hydrogens (tertiary/aromatic N) is 1. The van der Waals surface area contributed by atoms with Crippen molar-refractivity contribution in [2.24, 2.45) is 0 Å². The largest absolute Gasteiger partial charge is 0.479 e. The zero-order chi connectivity index (χ0) is 19.4. The number of benzene rings is 1. The Morgan fingerprint density at radius 1 is 1.23 bits per heavy atom. The fourth-order valence-electron chi connectivity index (χ4n) is 2.98. The van der Waals surface area contributed by atoms with Crippen LogP contribution < -0.4 is 4.90 Å². The lowest BCUT2D eigenvalue weighted by Crippen LogP contribution is -2.49. The van der Waals surface area contributed by atoms with Crippen LogP contribution in [0.2, 0.25) is 0 Å². The van der Waals surface area contributed by atoms with Crippen LogP contribution in [0.3, 0.4) is 0 Å². The van der Waals surface area contributed by atoms with Crippen molar-refractivity contribution in [3.8, 4) is 0 Å². The van der Waals surface area contributed by atoms with Crippen molar-refractivity contribution < 1.29 is 32.5 Å². The predicted octanol–water partition coefficient (Wildman–Crippen LogP) is 3.57. The lowest BCUT2D eigenvalue weighted by Gasteiger charge is -2.36. The summed E-state index contributed by atoms with van der Waals surface area (Å²) in [6.07, 6.45) is -3.81. The van der Waals surface area contributed by atoms with Gasteiger partial charge >= 0.3 is 12.4 Å². The van der Waals surface area contributed by atoms with Crippen molar-refractivity contribution in [2.45, 2.75) is 44.6 Å². The van der Waals surface area contributed by atoms with Crippen LogP contribution in [0.4, 0.5) is 18.9 Å². The van der Waals surface area contributed by atoms with Crippen molar-refractivity contribution in [2.75, 3.05) is 31.2 Å². The summed E-state index contributed by atoms with van der Waals surface area (Å²) in [5.74, 6) is -4.97. The molecule has 1 unspecified atom stereocenters. The monoisotopic (exact) mass is 375 g/mol. The van der Waals surface area contributed by atoms with Crippen LogP contribution in [0.15, 0.2) is 24.3 Å². The minimum Gasteiger partial charge on any atom is -0.479 e. The Morgan fingerprint density at radius 3 is 2.19 bits per heavy atom.